The number of carbonyl (C=O) groups is 3. The first-order valence-corrected chi connectivity index (χ1v) is 14.5. The molecule has 0 spiro atoms. The molecule has 4 amide bonds. The minimum atomic E-state index is -0.677. The molecule has 13 heteroatoms. The number of imidazole rings is 1. The number of nitrogens with zero attached hydrogens (tertiary/aromatic N) is 6. The molecule has 2 N–H and O–H groups in total. The predicted molar refractivity (Wildman–Crippen MR) is 158 cm³/mol. The summed E-state index contributed by atoms with van der Waals surface area (Å²) in [4.78, 5) is 53.9. The Kier molecular flexibility index (Phi) is 6.53. The number of aromatic nitrogens is 4. The first-order valence-electron chi connectivity index (χ1n) is 14.1. The monoisotopic (exact) mass is 602 g/mol. The van der Waals surface area contributed by atoms with E-state index >= 15 is 0 Å². The molecule has 1 aromatic carbocycles. The number of benzene rings is 1. The maximum absolute atomic E-state index is 14.8. The van der Waals surface area contributed by atoms with Crippen LogP contribution >= 0.6 is 11.6 Å². The van der Waals surface area contributed by atoms with Crippen molar-refractivity contribution in [2.24, 2.45) is 5.92 Å². The zero-order valence-electron chi connectivity index (χ0n) is 23.5. The maximum Gasteiger partial charge on any atom is 0.331 e. The number of aryl methyl sites for hydroxylation is 1. The summed E-state index contributed by atoms with van der Waals surface area (Å²) in [6.07, 6.45) is 8.27. The lowest BCUT2D eigenvalue weighted by Gasteiger charge is -2.17. The number of carbonyl (C=O) groups excluding carboxylic acids is 3. The highest BCUT2D eigenvalue weighted by atomic mass is 35.5. The smallest absolute Gasteiger partial charge is 0.331 e. The van der Waals surface area contributed by atoms with E-state index in [-0.39, 0.29) is 47.4 Å². The van der Waals surface area contributed by atoms with Crippen LogP contribution in [0.4, 0.5) is 26.2 Å². The number of halogens is 2. The Hall–Kier alpha value is -4.58. The van der Waals surface area contributed by atoms with Gasteiger partial charge < -0.3 is 15.0 Å². The lowest BCUT2D eigenvalue weighted by molar-refractivity contribution is -0.124. The van der Waals surface area contributed by atoms with Gasteiger partial charge in [0, 0.05) is 48.9 Å². The molecule has 0 bridgehead atoms. The van der Waals surface area contributed by atoms with Crippen LogP contribution < -0.4 is 15.5 Å². The summed E-state index contributed by atoms with van der Waals surface area (Å²) >= 11 is 6.28. The Bertz CT molecular complexity index is 1820. The number of imide groups is 1. The van der Waals surface area contributed by atoms with Gasteiger partial charge in [0.05, 0.1) is 28.6 Å². The van der Waals surface area contributed by atoms with Crippen molar-refractivity contribution in [1.29, 1.82) is 0 Å². The van der Waals surface area contributed by atoms with Gasteiger partial charge in [0.25, 0.3) is 0 Å². The normalized spacial score (nSPS) is 19.8. The molecule has 0 unspecified atom stereocenters. The first-order chi connectivity index (χ1) is 20.7. The molecule has 2 aliphatic carbocycles. The van der Waals surface area contributed by atoms with Gasteiger partial charge in [-0.2, -0.15) is 0 Å². The van der Waals surface area contributed by atoms with Crippen molar-refractivity contribution in [3.63, 3.8) is 0 Å². The molecule has 43 heavy (non-hydrogen) atoms. The molecule has 1 saturated heterocycles. The van der Waals surface area contributed by atoms with Crippen LogP contribution in [0, 0.1) is 18.7 Å². The number of fused-ring (bicyclic) bond motifs is 1. The van der Waals surface area contributed by atoms with E-state index in [1.54, 1.807) is 18.3 Å². The van der Waals surface area contributed by atoms with Crippen molar-refractivity contribution in [1.82, 2.24) is 24.3 Å². The average molecular weight is 603 g/mol. The molecule has 220 valence electrons. The fourth-order valence-corrected chi connectivity index (χ4v) is 5.66. The minimum absolute atomic E-state index is 0.0490. The number of hydrogen-bond donors (Lipinski definition) is 2. The summed E-state index contributed by atoms with van der Waals surface area (Å²) in [5.74, 6) is -0.498. The Morgan fingerprint density at radius 3 is 2.70 bits per heavy atom. The highest BCUT2D eigenvalue weighted by molar-refractivity contribution is 6.33. The average Bonchev–Trinajstić information content (AvgIpc) is 3.91. The third-order valence-electron chi connectivity index (χ3n) is 8.16. The molecular formula is C30H28ClFN8O3. The van der Waals surface area contributed by atoms with E-state index in [1.165, 1.54) is 18.0 Å². The quantitative estimate of drug-likeness (QED) is 0.276. The molecule has 4 aromatic rings. The molecule has 1 aliphatic heterocycles. The number of hydrogen-bond acceptors (Lipinski definition) is 7. The van der Waals surface area contributed by atoms with E-state index in [0.717, 1.165) is 29.0 Å². The zero-order valence-corrected chi connectivity index (χ0v) is 24.2. The van der Waals surface area contributed by atoms with Gasteiger partial charge in [0.1, 0.15) is 18.2 Å². The topological polar surface area (TPSA) is 125 Å². The number of rotatable bonds is 8. The molecule has 3 aromatic heterocycles. The summed E-state index contributed by atoms with van der Waals surface area (Å²) < 4.78 is 16.7. The van der Waals surface area contributed by atoms with Crippen LogP contribution in [0.25, 0.3) is 5.65 Å². The molecule has 2 atom stereocenters. The van der Waals surface area contributed by atoms with Crippen LogP contribution in [0.3, 0.4) is 0 Å². The van der Waals surface area contributed by atoms with Crippen LogP contribution in [0.1, 0.15) is 53.9 Å². The van der Waals surface area contributed by atoms with E-state index in [0.29, 0.717) is 40.9 Å². The highest BCUT2D eigenvalue weighted by Gasteiger charge is 2.46. The SMILES string of the molecule is Cc1ccnc([C@H]2C[C@@H]2C(=O)Nc2cc(F)c(Cl)c(NCc3cn4cc(C5CC5)cc(N5CC(=O)N(C)C5=O)c4n3)c2)n1. The Balaban J connectivity index is 1.09. The van der Waals surface area contributed by atoms with Crippen molar-refractivity contribution in [2.75, 3.05) is 29.1 Å². The predicted octanol–water partition coefficient (Wildman–Crippen LogP) is 4.86. The van der Waals surface area contributed by atoms with Crippen LogP contribution in [0.15, 0.2) is 42.9 Å². The van der Waals surface area contributed by atoms with Gasteiger partial charge in [-0.25, -0.2) is 24.1 Å². The summed E-state index contributed by atoms with van der Waals surface area (Å²) in [6, 6.07) is 6.12. The molecule has 7 rings (SSSR count). The second-order valence-electron chi connectivity index (χ2n) is 11.4. The van der Waals surface area contributed by atoms with Gasteiger partial charge >= 0.3 is 6.03 Å². The van der Waals surface area contributed by atoms with Crippen LogP contribution in [-0.2, 0) is 16.1 Å². The van der Waals surface area contributed by atoms with E-state index in [2.05, 4.69) is 20.6 Å². The first kappa shape index (κ1) is 27.3. The second-order valence-corrected chi connectivity index (χ2v) is 11.8. The van der Waals surface area contributed by atoms with Crippen molar-refractivity contribution < 1.29 is 18.8 Å². The Labute approximate surface area is 251 Å². The molecular weight excluding hydrogens is 575 g/mol. The van der Waals surface area contributed by atoms with Crippen molar-refractivity contribution in [3.8, 4) is 0 Å². The van der Waals surface area contributed by atoms with Gasteiger partial charge in [-0.15, -0.1) is 0 Å². The van der Waals surface area contributed by atoms with E-state index < -0.39 is 11.8 Å². The zero-order chi connectivity index (χ0) is 30.0. The summed E-state index contributed by atoms with van der Waals surface area (Å²) in [7, 11) is 1.47. The minimum Gasteiger partial charge on any atom is -0.378 e. The molecule has 0 radical (unpaired) electrons. The van der Waals surface area contributed by atoms with Crippen molar-refractivity contribution in [3.05, 3.63) is 76.5 Å². The van der Waals surface area contributed by atoms with E-state index in [4.69, 9.17) is 16.6 Å². The number of likely N-dealkylation sites (N-methyl/N-ethyl adjacent to an activating group) is 1. The second kappa shape index (κ2) is 10.3. The molecule has 11 nitrogen and oxygen atoms in total. The fourth-order valence-electron chi connectivity index (χ4n) is 5.49. The third-order valence-corrected chi connectivity index (χ3v) is 8.54. The van der Waals surface area contributed by atoms with E-state index in [1.807, 2.05) is 29.8 Å². The summed E-state index contributed by atoms with van der Waals surface area (Å²) in [5, 5.41) is 5.82. The van der Waals surface area contributed by atoms with Crippen molar-refractivity contribution >= 4 is 52.2 Å². The molecule has 3 fully saturated rings. The van der Waals surface area contributed by atoms with Gasteiger partial charge in [-0.3, -0.25) is 19.4 Å². The third kappa shape index (κ3) is 5.16. The largest absolute Gasteiger partial charge is 0.378 e. The molecule has 3 aliphatic rings. The Morgan fingerprint density at radius 1 is 1.16 bits per heavy atom. The highest BCUT2D eigenvalue weighted by Crippen LogP contribution is 2.47. The maximum atomic E-state index is 14.8. The summed E-state index contributed by atoms with van der Waals surface area (Å²) in [5.41, 5.74) is 4.21. The lowest BCUT2D eigenvalue weighted by Crippen LogP contribution is -2.30. The van der Waals surface area contributed by atoms with Gasteiger partial charge in [-0.05, 0) is 61.9 Å². The lowest BCUT2D eigenvalue weighted by atomic mass is 10.1. The number of urea groups is 1. The van der Waals surface area contributed by atoms with Gasteiger partial charge in [0.15, 0.2) is 5.65 Å². The van der Waals surface area contributed by atoms with Crippen molar-refractivity contribution in [2.45, 2.75) is 44.6 Å². The number of nitrogens with one attached hydrogen (secondary N) is 2. The number of pyridine rings is 1. The summed E-state index contributed by atoms with van der Waals surface area (Å²) in [6.45, 7) is 2.02. The standard InChI is InChI=1S/C30H28ClFN8O3/c1-15-5-6-33-27(35-15)20-10-21(20)29(42)37-18-8-22(32)26(31)23(9-18)34-11-19-13-39-12-17(16-3-4-16)7-24(28(39)36-19)40-14-25(41)38(2)30(40)43/h5-9,12-13,16,20-21,34H,3-4,10-11,14H2,1-2H3,(H,37,42)/t20-,21-/m0/s1. The molecule has 2 saturated carbocycles. The van der Waals surface area contributed by atoms with E-state index in [9.17, 15) is 18.8 Å². The van der Waals surface area contributed by atoms with Gasteiger partial charge in [0.2, 0.25) is 11.8 Å². The molecule has 4 heterocycles. The van der Waals surface area contributed by atoms with Gasteiger partial charge in [-0.1, -0.05) is 11.6 Å². The number of amides is 4. The van der Waals surface area contributed by atoms with Crippen LogP contribution in [-0.4, -0.2) is 55.7 Å². The Morgan fingerprint density at radius 2 is 1.98 bits per heavy atom. The van der Waals surface area contributed by atoms with Crippen LogP contribution in [0.5, 0.6) is 0 Å². The fraction of sp³-hybridized carbons (Fsp3) is 0.333. The van der Waals surface area contributed by atoms with Crippen LogP contribution in [0.2, 0.25) is 5.02 Å². The number of anilines is 3.